The number of halogens is 1. The fourth-order valence-electron chi connectivity index (χ4n) is 5.21. The van der Waals surface area contributed by atoms with Crippen LogP contribution < -0.4 is 10.7 Å². The van der Waals surface area contributed by atoms with Crippen LogP contribution in [0.2, 0.25) is 5.02 Å². The molecule has 1 saturated carbocycles. The van der Waals surface area contributed by atoms with Crippen LogP contribution in [0.25, 0.3) is 0 Å². The highest BCUT2D eigenvalue weighted by atomic mass is 35.5. The summed E-state index contributed by atoms with van der Waals surface area (Å²) in [5.41, 5.74) is 3.67. The maximum atomic E-state index is 10.3. The molecule has 2 heterocycles. The van der Waals surface area contributed by atoms with Crippen LogP contribution in [0, 0.1) is 33.5 Å². The minimum atomic E-state index is -1.43. The van der Waals surface area contributed by atoms with E-state index < -0.39 is 22.2 Å². The summed E-state index contributed by atoms with van der Waals surface area (Å²) in [6.45, 7) is 4.12. The Morgan fingerprint density at radius 3 is 2.68 bits per heavy atom. The molecular weight excluding hydrogens is 340 g/mol. The molecule has 7 heteroatoms. The molecular formula is C18H18ClN4O2+. The Kier molecular flexibility index (Phi) is 3.10. The van der Waals surface area contributed by atoms with Gasteiger partial charge < -0.3 is 9.47 Å². The number of ether oxygens (including phenoxy) is 2. The first kappa shape index (κ1) is 16.4. The van der Waals surface area contributed by atoms with Crippen LogP contribution in [0.5, 0.6) is 0 Å². The maximum Gasteiger partial charge on any atom is 0.344 e. The Hall–Kier alpha value is -2.12. The molecule has 0 bridgehead atoms. The number of hydrogen-bond acceptors (Lipinski definition) is 5. The smallest absolute Gasteiger partial charge is 0.311 e. The Balaban J connectivity index is 2.04. The van der Waals surface area contributed by atoms with E-state index in [0.717, 1.165) is 5.56 Å². The zero-order valence-electron chi connectivity index (χ0n) is 14.0. The summed E-state index contributed by atoms with van der Waals surface area (Å²) in [6, 6.07) is 11.9. The van der Waals surface area contributed by atoms with Crippen molar-refractivity contribution in [1.29, 1.82) is 10.5 Å². The topological polar surface area (TPSA) is 106 Å². The molecule has 0 amide bonds. The summed E-state index contributed by atoms with van der Waals surface area (Å²) in [6.07, 6.45) is 0.300. The molecule has 0 radical (unpaired) electrons. The number of nitrogens with one attached hydrogen (secondary N) is 1. The molecule has 1 aromatic carbocycles. The molecule has 1 spiro atoms. The van der Waals surface area contributed by atoms with Crippen molar-refractivity contribution < 1.29 is 14.5 Å². The standard InChI is InChI=1S/C18H17ClN4O2/c1-3-15(12-5-4-6-13(19)7-12)16(9-20)14(22)23-18(17(15,16)10-21)24-8-11(2)25-18/h4-7,11H,3,8H2,1-2H3,(H2,22,23)/p+1/t11-,15+,16-,17+,18+/m0/s1. The average Bonchev–Trinajstić information content (AvgIpc) is 2.86. The van der Waals surface area contributed by atoms with E-state index in [2.05, 4.69) is 17.1 Å². The number of fused-ring (bicyclic) bond motifs is 2. The summed E-state index contributed by atoms with van der Waals surface area (Å²) in [5, 5.41) is 21.0. The fraction of sp³-hybridized carbons (Fsp3) is 0.500. The summed E-state index contributed by atoms with van der Waals surface area (Å²) >= 11 is 6.20. The minimum Gasteiger partial charge on any atom is -0.311 e. The number of nitriles is 2. The van der Waals surface area contributed by atoms with Crippen molar-refractivity contribution in [1.82, 2.24) is 0 Å². The van der Waals surface area contributed by atoms with Crippen LogP contribution in [0.3, 0.4) is 0 Å². The Bertz CT molecular complexity index is 890. The van der Waals surface area contributed by atoms with Gasteiger partial charge in [-0.3, -0.25) is 5.73 Å². The minimum absolute atomic E-state index is 0.213. The Morgan fingerprint density at radius 2 is 2.16 bits per heavy atom. The first-order chi connectivity index (χ1) is 11.9. The average molecular weight is 358 g/mol. The van der Waals surface area contributed by atoms with Crippen molar-refractivity contribution in [3.05, 3.63) is 34.9 Å². The van der Waals surface area contributed by atoms with Gasteiger partial charge in [-0.25, -0.2) is 4.99 Å². The van der Waals surface area contributed by atoms with Crippen LogP contribution in [0.15, 0.2) is 24.3 Å². The lowest BCUT2D eigenvalue weighted by atomic mass is 9.80. The van der Waals surface area contributed by atoms with Crippen molar-refractivity contribution in [2.45, 2.75) is 37.7 Å². The van der Waals surface area contributed by atoms with Crippen molar-refractivity contribution in [2.75, 3.05) is 6.61 Å². The van der Waals surface area contributed by atoms with Gasteiger partial charge in [-0.15, -0.1) is 0 Å². The van der Waals surface area contributed by atoms with Crippen molar-refractivity contribution in [3.63, 3.8) is 0 Å². The molecule has 1 aliphatic carbocycles. The molecule has 2 aliphatic heterocycles. The molecule has 1 saturated heterocycles. The third kappa shape index (κ3) is 1.39. The van der Waals surface area contributed by atoms with Crippen LogP contribution >= 0.6 is 11.6 Å². The number of rotatable bonds is 2. The van der Waals surface area contributed by atoms with E-state index >= 15 is 0 Å². The van der Waals surface area contributed by atoms with Gasteiger partial charge in [0, 0.05) is 5.02 Å². The predicted molar refractivity (Wildman–Crippen MR) is 88.9 cm³/mol. The first-order valence-corrected chi connectivity index (χ1v) is 8.60. The molecule has 3 N–H and O–H groups in total. The quantitative estimate of drug-likeness (QED) is 0.804. The first-order valence-electron chi connectivity index (χ1n) is 8.23. The molecule has 1 aromatic rings. The number of nitrogens with zero attached hydrogens (tertiary/aromatic N) is 2. The van der Waals surface area contributed by atoms with Crippen molar-refractivity contribution >= 4 is 17.4 Å². The molecule has 5 atom stereocenters. The third-order valence-corrected chi connectivity index (χ3v) is 6.28. The summed E-state index contributed by atoms with van der Waals surface area (Å²) in [7, 11) is 0. The van der Waals surface area contributed by atoms with Crippen LogP contribution in [-0.2, 0) is 14.9 Å². The van der Waals surface area contributed by atoms with E-state index in [1.807, 2.05) is 26.0 Å². The van der Waals surface area contributed by atoms with Crippen LogP contribution in [-0.4, -0.2) is 24.5 Å². The zero-order chi connectivity index (χ0) is 18.1. The highest BCUT2D eigenvalue weighted by molar-refractivity contribution is 6.30. The largest absolute Gasteiger partial charge is 0.344 e. The molecule has 25 heavy (non-hydrogen) atoms. The number of benzene rings is 1. The molecule has 0 aromatic heterocycles. The van der Waals surface area contributed by atoms with Crippen molar-refractivity contribution in [2.24, 2.45) is 16.6 Å². The highest BCUT2D eigenvalue weighted by Gasteiger charge is 3.04. The van der Waals surface area contributed by atoms with Gasteiger partial charge in [-0.1, -0.05) is 30.7 Å². The van der Waals surface area contributed by atoms with Gasteiger partial charge in [-0.2, -0.15) is 10.5 Å². The SMILES string of the molecule is CC[C@@]1(c2cccc(Cl)c2)[C@]2(C#N)C(N)=[NH+][C@@]3(OC[C@H](C)O3)[C@@]21C#N. The third-order valence-electron chi connectivity index (χ3n) is 6.05. The van der Waals surface area contributed by atoms with E-state index in [1.165, 1.54) is 0 Å². The van der Waals surface area contributed by atoms with E-state index in [0.29, 0.717) is 18.1 Å². The Morgan fingerprint density at radius 1 is 1.40 bits per heavy atom. The Labute approximate surface area is 150 Å². The van der Waals surface area contributed by atoms with Gasteiger partial charge in [0.15, 0.2) is 10.8 Å². The van der Waals surface area contributed by atoms with Gasteiger partial charge in [0.2, 0.25) is 0 Å². The monoisotopic (exact) mass is 357 g/mol. The zero-order valence-corrected chi connectivity index (χ0v) is 14.7. The molecule has 3 aliphatic rings. The van der Waals surface area contributed by atoms with Crippen molar-refractivity contribution in [3.8, 4) is 12.1 Å². The molecule has 4 rings (SSSR count). The van der Waals surface area contributed by atoms with Gasteiger partial charge in [0.1, 0.15) is 0 Å². The number of amidine groups is 1. The molecule has 6 nitrogen and oxygen atoms in total. The van der Waals surface area contributed by atoms with Crippen LogP contribution in [0.4, 0.5) is 0 Å². The van der Waals surface area contributed by atoms with E-state index in [-0.39, 0.29) is 11.9 Å². The lowest BCUT2D eigenvalue weighted by Crippen LogP contribution is -2.90. The van der Waals surface area contributed by atoms with E-state index in [9.17, 15) is 10.5 Å². The normalized spacial score (nSPS) is 44.0. The van der Waals surface area contributed by atoms with Crippen LogP contribution in [0.1, 0.15) is 25.8 Å². The van der Waals surface area contributed by atoms with Gasteiger partial charge >= 0.3 is 5.91 Å². The summed E-state index contributed by atoms with van der Waals surface area (Å²) in [5.74, 6) is -1.22. The summed E-state index contributed by atoms with van der Waals surface area (Å²) in [4.78, 5) is 2.99. The lowest BCUT2D eigenvalue weighted by Gasteiger charge is -2.29. The molecule has 2 fully saturated rings. The lowest BCUT2D eigenvalue weighted by molar-refractivity contribution is -0.679. The van der Waals surface area contributed by atoms with E-state index in [4.69, 9.17) is 26.8 Å². The molecule has 128 valence electrons. The second-order valence-corrected chi connectivity index (χ2v) is 7.32. The molecule has 0 unspecified atom stereocenters. The van der Waals surface area contributed by atoms with E-state index in [1.54, 1.807) is 12.1 Å². The summed E-state index contributed by atoms with van der Waals surface area (Å²) < 4.78 is 12.0. The number of hydrogen-bond donors (Lipinski definition) is 2. The predicted octanol–water partition coefficient (Wildman–Crippen LogP) is 0.562. The second-order valence-electron chi connectivity index (χ2n) is 6.89. The van der Waals surface area contributed by atoms with Gasteiger partial charge in [0.05, 0.1) is 30.3 Å². The van der Waals surface area contributed by atoms with Gasteiger partial charge in [0.25, 0.3) is 5.84 Å². The second kappa shape index (κ2) is 4.74. The van der Waals surface area contributed by atoms with Gasteiger partial charge in [-0.05, 0) is 31.0 Å². The number of nitrogens with two attached hydrogens (primary N) is 1. The fourth-order valence-corrected chi connectivity index (χ4v) is 5.40. The highest BCUT2D eigenvalue weighted by Crippen LogP contribution is 2.84. The maximum absolute atomic E-state index is 10.3.